The third-order valence-corrected chi connectivity index (χ3v) is 8.46. The van der Waals surface area contributed by atoms with E-state index in [4.69, 9.17) is 15.0 Å². The molecule has 180 valence electrons. The van der Waals surface area contributed by atoms with Gasteiger partial charge in [-0.2, -0.15) is 0 Å². The number of hydrogen-bond acceptors (Lipinski definition) is 3. The van der Waals surface area contributed by atoms with E-state index in [9.17, 15) is 0 Å². The molecule has 1 heterocycles. The van der Waals surface area contributed by atoms with Gasteiger partial charge in [-0.1, -0.05) is 36.4 Å². The Morgan fingerprint density at radius 3 is 0.917 bits per heavy atom. The first kappa shape index (κ1) is 21.9. The zero-order valence-corrected chi connectivity index (χ0v) is 21.0. The number of aromatic nitrogens is 3. The molecular formula is C33H33N3. The van der Waals surface area contributed by atoms with Crippen molar-refractivity contribution in [1.82, 2.24) is 15.0 Å². The Labute approximate surface area is 214 Å². The van der Waals surface area contributed by atoms with Crippen LogP contribution in [0.4, 0.5) is 0 Å². The van der Waals surface area contributed by atoms with Gasteiger partial charge in [-0.05, 0) is 129 Å². The van der Waals surface area contributed by atoms with Crippen LogP contribution in [0.1, 0.15) is 71.9 Å². The number of benzene rings is 3. The van der Waals surface area contributed by atoms with Gasteiger partial charge in [-0.25, -0.2) is 15.0 Å². The van der Waals surface area contributed by atoms with E-state index in [0.717, 1.165) is 53.4 Å². The van der Waals surface area contributed by atoms with Crippen LogP contribution in [0.25, 0.3) is 34.2 Å². The highest BCUT2D eigenvalue weighted by Crippen LogP contribution is 2.32. The van der Waals surface area contributed by atoms with Gasteiger partial charge in [0.15, 0.2) is 17.5 Å². The van der Waals surface area contributed by atoms with Crippen molar-refractivity contribution in [2.75, 3.05) is 0 Å². The molecule has 0 amide bonds. The Kier molecular flexibility index (Phi) is 5.65. The molecule has 0 atom stereocenters. The second-order valence-electron chi connectivity index (χ2n) is 10.9. The summed E-state index contributed by atoms with van der Waals surface area (Å²) in [6.07, 6.45) is 14.7. The van der Waals surface area contributed by atoms with Crippen LogP contribution in [0.15, 0.2) is 54.6 Å². The van der Waals surface area contributed by atoms with Gasteiger partial charge in [0.25, 0.3) is 0 Å². The fourth-order valence-electron chi connectivity index (χ4n) is 6.38. The highest BCUT2D eigenvalue weighted by Gasteiger charge is 2.18. The number of nitrogens with zero attached hydrogens (tertiary/aromatic N) is 3. The number of aryl methyl sites for hydroxylation is 6. The van der Waals surface area contributed by atoms with Crippen LogP contribution in [-0.2, 0) is 38.5 Å². The van der Waals surface area contributed by atoms with Crippen molar-refractivity contribution in [3.05, 3.63) is 88.0 Å². The van der Waals surface area contributed by atoms with E-state index in [2.05, 4.69) is 54.6 Å². The second kappa shape index (κ2) is 9.28. The zero-order chi connectivity index (χ0) is 23.9. The molecular weight excluding hydrogens is 438 g/mol. The first-order chi connectivity index (χ1) is 17.8. The molecule has 1 aromatic heterocycles. The summed E-state index contributed by atoms with van der Waals surface area (Å²) in [6.45, 7) is 0. The third kappa shape index (κ3) is 4.15. The van der Waals surface area contributed by atoms with Gasteiger partial charge in [0.05, 0.1) is 0 Å². The predicted molar refractivity (Wildman–Crippen MR) is 146 cm³/mol. The molecule has 0 aliphatic heterocycles. The van der Waals surface area contributed by atoms with Crippen LogP contribution < -0.4 is 0 Å². The quantitative estimate of drug-likeness (QED) is 0.310. The van der Waals surface area contributed by atoms with Gasteiger partial charge in [0, 0.05) is 16.7 Å². The van der Waals surface area contributed by atoms with Crippen LogP contribution in [0.3, 0.4) is 0 Å². The van der Waals surface area contributed by atoms with E-state index in [1.165, 1.54) is 91.2 Å². The maximum Gasteiger partial charge on any atom is 0.164 e. The average molecular weight is 472 g/mol. The van der Waals surface area contributed by atoms with E-state index in [-0.39, 0.29) is 0 Å². The highest BCUT2D eigenvalue weighted by molar-refractivity contribution is 5.68. The van der Waals surface area contributed by atoms with Gasteiger partial charge >= 0.3 is 0 Å². The molecule has 0 saturated carbocycles. The van der Waals surface area contributed by atoms with Crippen LogP contribution in [-0.4, -0.2) is 15.0 Å². The molecule has 0 saturated heterocycles. The van der Waals surface area contributed by atoms with Crippen molar-refractivity contribution in [3.8, 4) is 34.2 Å². The lowest BCUT2D eigenvalue weighted by Crippen LogP contribution is -2.06. The second-order valence-corrected chi connectivity index (χ2v) is 10.9. The van der Waals surface area contributed by atoms with Gasteiger partial charge in [0.1, 0.15) is 0 Å². The molecule has 0 spiro atoms. The van der Waals surface area contributed by atoms with Gasteiger partial charge in [-0.3, -0.25) is 0 Å². The van der Waals surface area contributed by atoms with E-state index in [1.807, 2.05) is 0 Å². The Morgan fingerprint density at radius 1 is 0.333 bits per heavy atom. The van der Waals surface area contributed by atoms with Crippen molar-refractivity contribution in [2.24, 2.45) is 0 Å². The Morgan fingerprint density at radius 2 is 0.611 bits per heavy atom. The number of rotatable bonds is 3. The third-order valence-electron chi connectivity index (χ3n) is 8.46. The SMILES string of the molecule is c1cc2c(cc1-c1nc(-c3ccc4c(c3)CCCC4)nc(-c3ccc4c(c3)CCCC4)n1)CCCC2. The molecule has 7 rings (SSSR count). The maximum atomic E-state index is 5.06. The fourth-order valence-corrected chi connectivity index (χ4v) is 6.38. The molecule has 4 aromatic rings. The zero-order valence-electron chi connectivity index (χ0n) is 21.0. The Hall–Kier alpha value is -3.33. The van der Waals surface area contributed by atoms with Crippen molar-refractivity contribution < 1.29 is 0 Å². The highest BCUT2D eigenvalue weighted by atomic mass is 15.0. The Bertz CT molecular complexity index is 1260. The summed E-state index contributed by atoms with van der Waals surface area (Å²) in [5, 5.41) is 0. The standard InChI is InChI=1S/C33H33N3/c1-4-10-25-19-28(16-13-22(25)7-1)31-34-32(29-17-14-23-8-2-5-11-26(23)20-29)36-33(35-31)30-18-15-24-9-3-6-12-27(24)21-30/h13-21H,1-12H2. The van der Waals surface area contributed by atoms with Crippen molar-refractivity contribution >= 4 is 0 Å². The minimum atomic E-state index is 0.791. The van der Waals surface area contributed by atoms with Crippen molar-refractivity contribution in [2.45, 2.75) is 77.0 Å². The monoisotopic (exact) mass is 471 g/mol. The molecule has 0 fully saturated rings. The molecule has 0 unspecified atom stereocenters. The molecule has 36 heavy (non-hydrogen) atoms. The van der Waals surface area contributed by atoms with E-state index in [0.29, 0.717) is 0 Å². The fraction of sp³-hybridized carbons (Fsp3) is 0.364. The first-order valence-corrected chi connectivity index (χ1v) is 13.9. The summed E-state index contributed by atoms with van der Waals surface area (Å²) in [4.78, 5) is 15.2. The summed E-state index contributed by atoms with van der Waals surface area (Å²) >= 11 is 0. The lowest BCUT2D eigenvalue weighted by atomic mass is 9.90. The minimum absolute atomic E-state index is 0.791. The molecule has 0 N–H and O–H groups in total. The van der Waals surface area contributed by atoms with Gasteiger partial charge in [0.2, 0.25) is 0 Å². The van der Waals surface area contributed by atoms with Crippen molar-refractivity contribution in [3.63, 3.8) is 0 Å². The lowest BCUT2D eigenvalue weighted by Gasteiger charge is -2.18. The molecule has 3 heteroatoms. The Balaban J connectivity index is 1.37. The molecule has 3 aliphatic rings. The normalized spacial score (nSPS) is 16.7. The van der Waals surface area contributed by atoms with Crippen LogP contribution in [0, 0.1) is 0 Å². The van der Waals surface area contributed by atoms with E-state index >= 15 is 0 Å². The van der Waals surface area contributed by atoms with Gasteiger partial charge < -0.3 is 0 Å². The largest absolute Gasteiger partial charge is 0.208 e. The van der Waals surface area contributed by atoms with E-state index < -0.39 is 0 Å². The summed E-state index contributed by atoms with van der Waals surface area (Å²) in [5.41, 5.74) is 12.2. The molecule has 0 bridgehead atoms. The van der Waals surface area contributed by atoms with Crippen molar-refractivity contribution in [1.29, 1.82) is 0 Å². The van der Waals surface area contributed by atoms with Crippen LogP contribution in [0.5, 0.6) is 0 Å². The van der Waals surface area contributed by atoms with E-state index in [1.54, 1.807) is 0 Å². The first-order valence-electron chi connectivity index (χ1n) is 13.9. The smallest absolute Gasteiger partial charge is 0.164 e. The average Bonchev–Trinajstić information content (AvgIpc) is 2.96. The number of hydrogen-bond donors (Lipinski definition) is 0. The maximum absolute atomic E-state index is 5.06. The van der Waals surface area contributed by atoms with Crippen LogP contribution >= 0.6 is 0 Å². The topological polar surface area (TPSA) is 38.7 Å². The minimum Gasteiger partial charge on any atom is -0.208 e. The molecule has 3 aliphatic carbocycles. The van der Waals surface area contributed by atoms with Crippen LogP contribution in [0.2, 0.25) is 0 Å². The predicted octanol–water partition coefficient (Wildman–Crippen LogP) is 7.51. The summed E-state index contributed by atoms with van der Waals surface area (Å²) in [7, 11) is 0. The summed E-state index contributed by atoms with van der Waals surface area (Å²) in [6, 6.07) is 20.5. The summed E-state index contributed by atoms with van der Waals surface area (Å²) < 4.78 is 0. The molecule has 3 nitrogen and oxygen atoms in total. The number of fused-ring (bicyclic) bond motifs is 3. The van der Waals surface area contributed by atoms with Gasteiger partial charge in [-0.15, -0.1) is 0 Å². The summed E-state index contributed by atoms with van der Waals surface area (Å²) in [5.74, 6) is 2.37. The molecule has 3 aromatic carbocycles. The molecule has 0 radical (unpaired) electrons. The lowest BCUT2D eigenvalue weighted by molar-refractivity contribution is 0.685.